The van der Waals surface area contributed by atoms with Crippen LogP contribution in [0.3, 0.4) is 0 Å². The summed E-state index contributed by atoms with van der Waals surface area (Å²) in [5.74, 6) is -0.677. The van der Waals surface area contributed by atoms with E-state index in [9.17, 15) is 9.59 Å². The SMILES string of the molecule is CCOC(=O)c1cc(C(=O)c2ccc(Cl)cc2)n2c1ccc1c3ncccc3ccc12. The number of carbonyl (C=O) groups excluding carboxylic acids is 2. The van der Waals surface area contributed by atoms with Crippen molar-refractivity contribution in [3.8, 4) is 0 Å². The Kier molecular flexibility index (Phi) is 4.68. The second-order valence-corrected chi connectivity index (χ2v) is 7.56. The van der Waals surface area contributed by atoms with E-state index in [-0.39, 0.29) is 12.4 Å². The number of ether oxygens (including phenoxy) is 1. The predicted octanol–water partition coefficient (Wildman–Crippen LogP) is 5.70. The van der Waals surface area contributed by atoms with Crippen molar-refractivity contribution in [1.82, 2.24) is 9.38 Å². The van der Waals surface area contributed by atoms with E-state index >= 15 is 0 Å². The van der Waals surface area contributed by atoms with Gasteiger partial charge in [0.25, 0.3) is 0 Å². The van der Waals surface area contributed by atoms with Crippen molar-refractivity contribution in [2.45, 2.75) is 6.92 Å². The maximum absolute atomic E-state index is 13.4. The van der Waals surface area contributed by atoms with Gasteiger partial charge in [0, 0.05) is 27.6 Å². The molecule has 0 saturated carbocycles. The van der Waals surface area contributed by atoms with Crippen LogP contribution in [0.5, 0.6) is 0 Å². The second-order valence-electron chi connectivity index (χ2n) is 7.13. The van der Waals surface area contributed by atoms with Crippen LogP contribution >= 0.6 is 11.6 Å². The van der Waals surface area contributed by atoms with E-state index in [0.29, 0.717) is 27.4 Å². The number of fused-ring (bicyclic) bond motifs is 5. The average Bonchev–Trinajstić information content (AvgIpc) is 3.19. The summed E-state index contributed by atoms with van der Waals surface area (Å²) < 4.78 is 7.05. The third-order valence-electron chi connectivity index (χ3n) is 5.31. The van der Waals surface area contributed by atoms with Gasteiger partial charge in [-0.15, -0.1) is 0 Å². The molecule has 3 heterocycles. The highest BCUT2D eigenvalue weighted by Gasteiger charge is 2.23. The Labute approximate surface area is 182 Å². The van der Waals surface area contributed by atoms with Crippen LogP contribution in [0.25, 0.3) is 27.3 Å². The first-order chi connectivity index (χ1) is 15.1. The van der Waals surface area contributed by atoms with Crippen LogP contribution in [0.4, 0.5) is 0 Å². The maximum Gasteiger partial charge on any atom is 0.340 e. The zero-order chi connectivity index (χ0) is 21.5. The number of pyridine rings is 2. The van der Waals surface area contributed by atoms with E-state index in [1.807, 2.05) is 40.8 Å². The van der Waals surface area contributed by atoms with Crippen molar-refractivity contribution in [2.75, 3.05) is 6.61 Å². The fourth-order valence-electron chi connectivity index (χ4n) is 3.92. The lowest BCUT2D eigenvalue weighted by molar-refractivity contribution is 0.0529. The number of rotatable bonds is 4. The predicted molar refractivity (Wildman–Crippen MR) is 121 cm³/mol. The average molecular weight is 429 g/mol. The van der Waals surface area contributed by atoms with Crippen LogP contribution in [-0.4, -0.2) is 27.7 Å². The lowest BCUT2D eigenvalue weighted by Gasteiger charge is -2.09. The molecular weight excluding hydrogens is 412 g/mol. The van der Waals surface area contributed by atoms with Gasteiger partial charge in [-0.25, -0.2) is 4.79 Å². The molecule has 3 aromatic heterocycles. The Hall–Kier alpha value is -3.70. The Balaban J connectivity index is 1.85. The Morgan fingerprint density at radius 2 is 1.77 bits per heavy atom. The van der Waals surface area contributed by atoms with Crippen LogP contribution in [0, 0.1) is 0 Å². The summed E-state index contributed by atoms with van der Waals surface area (Å²) >= 11 is 5.99. The van der Waals surface area contributed by atoms with Crippen LogP contribution in [0.15, 0.2) is 72.9 Å². The van der Waals surface area contributed by atoms with Gasteiger partial charge in [0.1, 0.15) is 0 Å². The minimum atomic E-state index is -0.464. The summed E-state index contributed by atoms with van der Waals surface area (Å²) in [6, 6.07) is 19.9. The molecule has 0 aliphatic carbocycles. The molecule has 0 amide bonds. The maximum atomic E-state index is 13.4. The smallest absolute Gasteiger partial charge is 0.340 e. The molecule has 31 heavy (non-hydrogen) atoms. The van der Waals surface area contributed by atoms with E-state index in [4.69, 9.17) is 16.3 Å². The van der Waals surface area contributed by atoms with E-state index in [1.165, 1.54) is 0 Å². The molecular formula is C25H17ClN2O3. The second kappa shape index (κ2) is 7.52. The standard InChI is InChI=1S/C25H17ClN2O3/c1-2-31-25(30)19-14-22(24(29)16-5-8-17(26)9-6-16)28-20-11-7-15-4-3-13-27-23(15)18(20)10-12-21(19)28/h3-14H,2H2,1H3. The largest absolute Gasteiger partial charge is 0.462 e. The normalized spacial score (nSPS) is 11.3. The molecule has 0 aliphatic heterocycles. The Morgan fingerprint density at radius 3 is 2.55 bits per heavy atom. The molecule has 5 nitrogen and oxygen atoms in total. The van der Waals surface area contributed by atoms with Crippen molar-refractivity contribution in [3.05, 3.63) is 94.8 Å². The van der Waals surface area contributed by atoms with Crippen LogP contribution in [0.2, 0.25) is 5.02 Å². The lowest BCUT2D eigenvalue weighted by atomic mass is 10.1. The zero-order valence-corrected chi connectivity index (χ0v) is 17.4. The van der Waals surface area contributed by atoms with E-state index in [2.05, 4.69) is 4.98 Å². The molecule has 152 valence electrons. The summed E-state index contributed by atoms with van der Waals surface area (Å²) in [6.07, 6.45) is 1.74. The molecule has 0 aliphatic rings. The highest BCUT2D eigenvalue weighted by molar-refractivity contribution is 6.30. The molecule has 0 fully saturated rings. The van der Waals surface area contributed by atoms with Gasteiger partial charge in [-0.3, -0.25) is 9.78 Å². The van der Waals surface area contributed by atoms with Gasteiger partial charge in [0.05, 0.1) is 34.4 Å². The number of halogens is 1. The molecule has 0 spiro atoms. The molecule has 5 rings (SSSR count). The van der Waals surface area contributed by atoms with Gasteiger partial charge in [0.2, 0.25) is 5.78 Å². The minimum absolute atomic E-state index is 0.212. The van der Waals surface area contributed by atoms with Gasteiger partial charge in [-0.1, -0.05) is 23.7 Å². The molecule has 0 saturated heterocycles. The van der Waals surface area contributed by atoms with Gasteiger partial charge >= 0.3 is 5.97 Å². The number of hydrogen-bond donors (Lipinski definition) is 0. The first-order valence-corrected chi connectivity index (χ1v) is 10.3. The van der Waals surface area contributed by atoms with E-state index in [0.717, 1.165) is 21.8 Å². The number of ketones is 1. The number of aromatic nitrogens is 2. The molecule has 0 unspecified atom stereocenters. The van der Waals surface area contributed by atoms with Crippen molar-refractivity contribution in [2.24, 2.45) is 0 Å². The van der Waals surface area contributed by atoms with E-state index < -0.39 is 5.97 Å². The number of benzene rings is 2. The monoisotopic (exact) mass is 428 g/mol. The molecule has 0 atom stereocenters. The fourth-order valence-corrected chi connectivity index (χ4v) is 4.04. The first-order valence-electron chi connectivity index (χ1n) is 9.88. The molecule has 5 aromatic rings. The summed E-state index contributed by atoms with van der Waals surface area (Å²) in [7, 11) is 0. The van der Waals surface area contributed by atoms with E-state index in [1.54, 1.807) is 43.5 Å². The van der Waals surface area contributed by atoms with Crippen molar-refractivity contribution < 1.29 is 14.3 Å². The van der Waals surface area contributed by atoms with Crippen LogP contribution in [0.1, 0.15) is 33.3 Å². The third-order valence-corrected chi connectivity index (χ3v) is 5.56. The minimum Gasteiger partial charge on any atom is -0.462 e. The molecule has 6 heteroatoms. The molecule has 0 bridgehead atoms. The summed E-state index contributed by atoms with van der Waals surface area (Å²) in [5.41, 5.74) is 3.44. The highest BCUT2D eigenvalue weighted by Crippen LogP contribution is 2.30. The summed E-state index contributed by atoms with van der Waals surface area (Å²) in [4.78, 5) is 30.6. The van der Waals surface area contributed by atoms with Crippen LogP contribution in [-0.2, 0) is 4.74 Å². The van der Waals surface area contributed by atoms with Crippen molar-refractivity contribution in [1.29, 1.82) is 0 Å². The van der Waals surface area contributed by atoms with Gasteiger partial charge < -0.3 is 9.14 Å². The Bertz CT molecular complexity index is 1490. The topological polar surface area (TPSA) is 60.7 Å². The fraction of sp³-hybridized carbons (Fsp3) is 0.0800. The third kappa shape index (κ3) is 3.14. The summed E-state index contributed by atoms with van der Waals surface area (Å²) in [6.45, 7) is 2.00. The number of carbonyl (C=O) groups is 2. The highest BCUT2D eigenvalue weighted by atomic mass is 35.5. The molecule has 2 aromatic carbocycles. The zero-order valence-electron chi connectivity index (χ0n) is 16.6. The molecule has 0 radical (unpaired) electrons. The van der Waals surface area contributed by atoms with Gasteiger partial charge in [-0.05, 0) is 61.5 Å². The quantitative estimate of drug-likeness (QED) is 0.209. The van der Waals surface area contributed by atoms with Crippen molar-refractivity contribution >= 4 is 50.7 Å². The van der Waals surface area contributed by atoms with Crippen LogP contribution < -0.4 is 0 Å². The summed E-state index contributed by atoms with van der Waals surface area (Å²) in [5, 5.41) is 2.44. The van der Waals surface area contributed by atoms with Gasteiger partial charge in [-0.2, -0.15) is 0 Å². The Morgan fingerprint density at radius 1 is 1.00 bits per heavy atom. The number of esters is 1. The number of nitrogens with zero attached hydrogens (tertiary/aromatic N) is 2. The number of hydrogen-bond acceptors (Lipinski definition) is 4. The van der Waals surface area contributed by atoms with Gasteiger partial charge in [0.15, 0.2) is 0 Å². The first kappa shape index (κ1) is 19.3. The molecule has 0 N–H and O–H groups in total. The lowest BCUT2D eigenvalue weighted by Crippen LogP contribution is -2.06. The van der Waals surface area contributed by atoms with Crippen molar-refractivity contribution in [3.63, 3.8) is 0 Å².